The molecule has 0 saturated carbocycles. The predicted octanol–water partition coefficient (Wildman–Crippen LogP) is 3.71. The molecule has 2 atom stereocenters. The molecular weight excluding hydrogens is 348 g/mol. The number of benzene rings is 2. The molecule has 0 aliphatic rings. The maximum Gasteiger partial charge on any atom is 0.242 e. The molecule has 0 heterocycles. The summed E-state index contributed by atoms with van der Waals surface area (Å²) in [6.45, 7) is 4.12. The Morgan fingerprint density at radius 2 is 1.62 bits per heavy atom. The van der Waals surface area contributed by atoms with Gasteiger partial charge in [-0.05, 0) is 35.7 Å². The summed E-state index contributed by atoms with van der Waals surface area (Å²) in [4.78, 5) is 13.1. The Hall–Kier alpha value is -2.18. The number of sulfonamides is 1. The first-order chi connectivity index (χ1) is 12.3. The summed E-state index contributed by atoms with van der Waals surface area (Å²) >= 11 is 0. The third-order valence-electron chi connectivity index (χ3n) is 4.55. The second-order valence-corrected chi connectivity index (χ2v) is 8.73. The third kappa shape index (κ3) is 4.51. The van der Waals surface area contributed by atoms with Gasteiger partial charge in [-0.1, -0.05) is 50.6 Å². The van der Waals surface area contributed by atoms with Gasteiger partial charge in [0.2, 0.25) is 15.9 Å². The van der Waals surface area contributed by atoms with Gasteiger partial charge in [-0.15, -0.1) is 0 Å². The van der Waals surface area contributed by atoms with Gasteiger partial charge in [0, 0.05) is 19.8 Å². The molecule has 0 bridgehead atoms. The molecule has 2 aromatic rings. The molecule has 6 heteroatoms. The van der Waals surface area contributed by atoms with Gasteiger partial charge in [0.1, 0.15) is 0 Å². The Morgan fingerprint density at radius 1 is 1.04 bits per heavy atom. The second kappa shape index (κ2) is 8.47. The highest BCUT2D eigenvalue weighted by Gasteiger charge is 2.26. The maximum atomic E-state index is 12.9. The van der Waals surface area contributed by atoms with Crippen molar-refractivity contribution in [2.75, 3.05) is 19.4 Å². The molecule has 26 heavy (non-hydrogen) atoms. The van der Waals surface area contributed by atoms with E-state index < -0.39 is 10.0 Å². The van der Waals surface area contributed by atoms with E-state index in [-0.39, 0.29) is 22.6 Å². The van der Waals surface area contributed by atoms with Crippen molar-refractivity contribution in [3.63, 3.8) is 0 Å². The average molecular weight is 375 g/mol. The van der Waals surface area contributed by atoms with Crippen LogP contribution in [0.2, 0.25) is 0 Å². The van der Waals surface area contributed by atoms with Gasteiger partial charge < -0.3 is 5.32 Å². The first-order valence-corrected chi connectivity index (χ1v) is 10.1. The van der Waals surface area contributed by atoms with Crippen molar-refractivity contribution < 1.29 is 13.2 Å². The molecule has 0 aliphatic heterocycles. The number of hydrogen-bond donors (Lipinski definition) is 1. The molecule has 140 valence electrons. The summed E-state index contributed by atoms with van der Waals surface area (Å²) in [7, 11) is -0.503. The Bertz CT molecular complexity index is 831. The van der Waals surface area contributed by atoms with Crippen LogP contribution in [0, 0.1) is 5.92 Å². The average Bonchev–Trinajstić information content (AvgIpc) is 2.63. The molecule has 2 rings (SSSR count). The molecular formula is C20H26N2O3S. The van der Waals surface area contributed by atoms with Crippen LogP contribution in [0.4, 0.5) is 5.69 Å². The van der Waals surface area contributed by atoms with Crippen molar-refractivity contribution in [3.05, 3.63) is 60.2 Å². The molecule has 0 radical (unpaired) electrons. The standard InChI is InChI=1S/C20H26N2O3S/c1-5-15(2)19(16-9-7-6-8-10-16)20(23)21-17-11-13-18(14-12-17)26(24,25)22(3)4/h6-15,19H,5H2,1-4H3,(H,21,23)/t15-,19-/m1/s1. The third-order valence-corrected chi connectivity index (χ3v) is 6.38. The van der Waals surface area contributed by atoms with Crippen molar-refractivity contribution in [1.29, 1.82) is 0 Å². The fourth-order valence-corrected chi connectivity index (χ4v) is 3.68. The van der Waals surface area contributed by atoms with Gasteiger partial charge in [-0.2, -0.15) is 0 Å². The zero-order chi connectivity index (χ0) is 19.3. The van der Waals surface area contributed by atoms with Crippen molar-refractivity contribution >= 4 is 21.6 Å². The zero-order valence-corrected chi connectivity index (χ0v) is 16.5. The monoisotopic (exact) mass is 374 g/mol. The number of nitrogens with one attached hydrogen (secondary N) is 1. The second-order valence-electron chi connectivity index (χ2n) is 6.57. The van der Waals surface area contributed by atoms with Crippen LogP contribution in [0.5, 0.6) is 0 Å². The van der Waals surface area contributed by atoms with Crippen LogP contribution in [0.25, 0.3) is 0 Å². The van der Waals surface area contributed by atoms with E-state index in [1.165, 1.54) is 26.2 Å². The summed E-state index contributed by atoms with van der Waals surface area (Å²) in [6.07, 6.45) is 0.882. The Balaban J connectivity index is 2.22. The van der Waals surface area contributed by atoms with Gasteiger partial charge in [-0.3, -0.25) is 4.79 Å². The van der Waals surface area contributed by atoms with Crippen LogP contribution in [0.1, 0.15) is 31.7 Å². The minimum absolute atomic E-state index is 0.0891. The Morgan fingerprint density at radius 3 is 2.12 bits per heavy atom. The minimum atomic E-state index is -3.48. The predicted molar refractivity (Wildman–Crippen MR) is 105 cm³/mol. The summed E-state index contributed by atoms with van der Waals surface area (Å²) < 4.78 is 25.4. The van der Waals surface area contributed by atoms with Crippen LogP contribution in [-0.2, 0) is 14.8 Å². The van der Waals surface area contributed by atoms with E-state index >= 15 is 0 Å². The fourth-order valence-electron chi connectivity index (χ4n) is 2.78. The summed E-state index contributed by atoms with van der Waals surface area (Å²) in [5.74, 6) is -0.161. The van der Waals surface area contributed by atoms with Crippen LogP contribution in [0.3, 0.4) is 0 Å². The lowest BCUT2D eigenvalue weighted by Crippen LogP contribution is -2.26. The summed E-state index contributed by atoms with van der Waals surface area (Å²) in [6, 6.07) is 16.0. The topological polar surface area (TPSA) is 66.5 Å². The lowest BCUT2D eigenvalue weighted by atomic mass is 9.85. The number of anilines is 1. The number of carbonyl (C=O) groups excluding carboxylic acids is 1. The maximum absolute atomic E-state index is 12.9. The number of carbonyl (C=O) groups is 1. The van der Waals surface area contributed by atoms with E-state index in [9.17, 15) is 13.2 Å². The molecule has 0 fully saturated rings. The van der Waals surface area contributed by atoms with E-state index in [2.05, 4.69) is 19.2 Å². The summed E-state index contributed by atoms with van der Waals surface area (Å²) in [5, 5.41) is 2.92. The Labute approximate surface area is 156 Å². The summed E-state index contributed by atoms with van der Waals surface area (Å²) in [5.41, 5.74) is 1.56. The van der Waals surface area contributed by atoms with Crippen molar-refractivity contribution in [1.82, 2.24) is 4.31 Å². The van der Waals surface area contributed by atoms with Gasteiger partial charge in [0.15, 0.2) is 0 Å². The quantitative estimate of drug-likeness (QED) is 0.803. The number of rotatable bonds is 7. The van der Waals surface area contributed by atoms with E-state index in [0.29, 0.717) is 5.69 Å². The Kier molecular flexibility index (Phi) is 6.56. The highest BCUT2D eigenvalue weighted by molar-refractivity contribution is 7.89. The smallest absolute Gasteiger partial charge is 0.242 e. The lowest BCUT2D eigenvalue weighted by molar-refractivity contribution is -0.118. The van der Waals surface area contributed by atoms with Gasteiger partial charge >= 0.3 is 0 Å². The van der Waals surface area contributed by atoms with Crippen LogP contribution < -0.4 is 5.32 Å². The number of amides is 1. The number of hydrogen-bond acceptors (Lipinski definition) is 3. The van der Waals surface area contributed by atoms with Gasteiger partial charge in [-0.25, -0.2) is 12.7 Å². The van der Waals surface area contributed by atoms with Gasteiger partial charge in [0.25, 0.3) is 0 Å². The van der Waals surface area contributed by atoms with Crippen LogP contribution in [-0.4, -0.2) is 32.7 Å². The number of nitrogens with zero attached hydrogens (tertiary/aromatic N) is 1. The normalized spacial score (nSPS) is 14.0. The zero-order valence-electron chi connectivity index (χ0n) is 15.6. The van der Waals surface area contributed by atoms with Crippen molar-refractivity contribution in [2.45, 2.75) is 31.1 Å². The highest BCUT2D eigenvalue weighted by Crippen LogP contribution is 2.28. The molecule has 0 aromatic heterocycles. The molecule has 1 N–H and O–H groups in total. The SMILES string of the molecule is CC[C@@H](C)[C@@H](C(=O)Nc1ccc(S(=O)(=O)N(C)C)cc1)c1ccccc1. The van der Waals surface area contributed by atoms with Crippen molar-refractivity contribution in [3.8, 4) is 0 Å². The van der Waals surface area contributed by atoms with E-state index in [1.807, 2.05) is 30.3 Å². The van der Waals surface area contributed by atoms with E-state index in [4.69, 9.17) is 0 Å². The van der Waals surface area contributed by atoms with Crippen molar-refractivity contribution in [2.24, 2.45) is 5.92 Å². The molecule has 2 aromatic carbocycles. The van der Waals surface area contributed by atoms with E-state index in [1.54, 1.807) is 12.1 Å². The van der Waals surface area contributed by atoms with Crippen LogP contribution in [0.15, 0.2) is 59.5 Å². The fraction of sp³-hybridized carbons (Fsp3) is 0.350. The molecule has 0 aliphatic carbocycles. The van der Waals surface area contributed by atoms with Crippen LogP contribution >= 0.6 is 0 Å². The first kappa shape index (κ1) is 20.1. The lowest BCUT2D eigenvalue weighted by Gasteiger charge is -2.23. The molecule has 1 amide bonds. The molecule has 0 unspecified atom stereocenters. The first-order valence-electron chi connectivity index (χ1n) is 8.65. The van der Waals surface area contributed by atoms with Gasteiger partial charge in [0.05, 0.1) is 10.8 Å². The molecule has 0 saturated heterocycles. The molecule has 5 nitrogen and oxygen atoms in total. The minimum Gasteiger partial charge on any atom is -0.326 e. The highest BCUT2D eigenvalue weighted by atomic mass is 32.2. The largest absolute Gasteiger partial charge is 0.326 e. The molecule has 0 spiro atoms. The van der Waals surface area contributed by atoms with E-state index in [0.717, 1.165) is 16.3 Å².